The molecule has 4 rings (SSSR count). The molecule has 0 spiro atoms. The molecule has 32 heavy (non-hydrogen) atoms. The third-order valence-corrected chi connectivity index (χ3v) is 8.32. The molecule has 0 unspecified atom stereocenters. The van der Waals surface area contributed by atoms with E-state index in [-0.39, 0.29) is 11.5 Å². The van der Waals surface area contributed by atoms with Gasteiger partial charge in [0.05, 0.1) is 0 Å². The molecular weight excluding hydrogens is 466 g/mol. The number of hydrogen-bond donors (Lipinski definition) is 1. The Kier molecular flexibility index (Phi) is 8.38. The molecule has 1 aliphatic heterocycles. The average Bonchev–Trinajstić information content (AvgIpc) is 3.30. The van der Waals surface area contributed by atoms with E-state index >= 15 is 0 Å². The minimum atomic E-state index is -0.423. The fourth-order valence-electron chi connectivity index (χ4n) is 4.49. The molecule has 2 aromatic rings. The molecule has 0 radical (unpaired) electrons. The number of thioether (sulfide) groups is 1. The highest BCUT2D eigenvalue weighted by Crippen LogP contribution is 2.37. The van der Waals surface area contributed by atoms with Crippen molar-refractivity contribution in [1.29, 1.82) is 0 Å². The molecule has 1 heterocycles. The van der Waals surface area contributed by atoms with Crippen molar-refractivity contribution in [3.05, 3.63) is 62.9 Å². The maximum absolute atomic E-state index is 14.8. The van der Waals surface area contributed by atoms with Crippen molar-refractivity contribution in [2.24, 2.45) is 0 Å². The van der Waals surface area contributed by atoms with Crippen LogP contribution in [-0.2, 0) is 13.1 Å². The van der Waals surface area contributed by atoms with Crippen LogP contribution in [0.25, 0.3) is 0 Å². The standard InChI is InChI=1S/C25H29Cl2FN2OS/c26-19-8-9-24(32-20-6-2-3-7-20)18(12-19)15-29-25(31)17-13-22(27)21(23(28)14-17)16-30-10-4-1-5-11-30/h8-9,12-14,20H,1-7,10-11,15-16H2,(H,29,31). The highest BCUT2D eigenvalue weighted by atomic mass is 35.5. The van der Waals surface area contributed by atoms with Gasteiger partial charge in [0.1, 0.15) is 5.82 Å². The zero-order chi connectivity index (χ0) is 22.5. The van der Waals surface area contributed by atoms with Crippen LogP contribution >= 0.6 is 35.0 Å². The van der Waals surface area contributed by atoms with E-state index in [9.17, 15) is 9.18 Å². The Bertz CT molecular complexity index is 936. The number of benzene rings is 2. The molecule has 1 amide bonds. The Balaban J connectivity index is 1.42. The Hall–Kier alpha value is -1.27. The molecule has 0 atom stereocenters. The van der Waals surface area contributed by atoms with E-state index in [1.165, 1.54) is 38.2 Å². The number of nitrogens with one attached hydrogen (secondary N) is 1. The minimum Gasteiger partial charge on any atom is -0.348 e. The third-order valence-electron chi connectivity index (χ3n) is 6.29. The summed E-state index contributed by atoms with van der Waals surface area (Å²) in [6, 6.07) is 8.69. The second-order valence-electron chi connectivity index (χ2n) is 8.71. The summed E-state index contributed by atoms with van der Waals surface area (Å²) >= 11 is 14.5. The monoisotopic (exact) mass is 494 g/mol. The summed E-state index contributed by atoms with van der Waals surface area (Å²) in [7, 11) is 0. The van der Waals surface area contributed by atoms with Crippen molar-refractivity contribution in [2.45, 2.75) is 68.2 Å². The number of likely N-dealkylation sites (tertiary alicyclic amines) is 1. The molecular formula is C25H29Cl2FN2OS. The van der Waals surface area contributed by atoms with Crippen LogP contribution in [0.1, 0.15) is 66.4 Å². The van der Waals surface area contributed by atoms with Crippen LogP contribution in [0.3, 0.4) is 0 Å². The van der Waals surface area contributed by atoms with E-state index in [2.05, 4.69) is 10.2 Å². The zero-order valence-electron chi connectivity index (χ0n) is 18.1. The van der Waals surface area contributed by atoms with Gasteiger partial charge >= 0.3 is 0 Å². The Morgan fingerprint density at radius 3 is 2.53 bits per heavy atom. The smallest absolute Gasteiger partial charge is 0.251 e. The summed E-state index contributed by atoms with van der Waals surface area (Å²) in [5.41, 5.74) is 1.69. The van der Waals surface area contributed by atoms with Gasteiger partial charge in [0.2, 0.25) is 0 Å². The predicted octanol–water partition coefficient (Wildman–Crippen LogP) is 7.08. The summed E-state index contributed by atoms with van der Waals surface area (Å²) in [5, 5.41) is 4.48. The number of carbonyl (C=O) groups is 1. The predicted molar refractivity (Wildman–Crippen MR) is 131 cm³/mol. The van der Waals surface area contributed by atoms with Crippen LogP contribution in [0, 0.1) is 5.82 Å². The van der Waals surface area contributed by atoms with Gasteiger partial charge in [-0.15, -0.1) is 11.8 Å². The molecule has 2 aromatic carbocycles. The molecule has 3 nitrogen and oxygen atoms in total. The highest BCUT2D eigenvalue weighted by Gasteiger charge is 2.20. The van der Waals surface area contributed by atoms with E-state index in [0.29, 0.717) is 33.9 Å². The first kappa shape index (κ1) is 23.9. The maximum atomic E-state index is 14.8. The van der Waals surface area contributed by atoms with E-state index in [4.69, 9.17) is 23.2 Å². The molecule has 1 saturated heterocycles. The SMILES string of the molecule is O=C(NCc1cc(Cl)ccc1SC1CCCC1)c1cc(F)c(CN2CCCCC2)c(Cl)c1. The minimum absolute atomic E-state index is 0.238. The molecule has 1 saturated carbocycles. The van der Waals surface area contributed by atoms with Crippen LogP contribution in [-0.4, -0.2) is 29.1 Å². The van der Waals surface area contributed by atoms with Crippen LogP contribution in [0.2, 0.25) is 10.0 Å². The van der Waals surface area contributed by atoms with Gasteiger partial charge in [-0.3, -0.25) is 9.69 Å². The lowest BCUT2D eigenvalue weighted by Crippen LogP contribution is -2.29. The molecule has 0 aromatic heterocycles. The Labute approximate surface area is 204 Å². The quantitative estimate of drug-likeness (QED) is 0.445. The van der Waals surface area contributed by atoms with Crippen molar-refractivity contribution in [3.8, 4) is 0 Å². The van der Waals surface area contributed by atoms with E-state index < -0.39 is 5.82 Å². The molecule has 1 aliphatic carbocycles. The largest absolute Gasteiger partial charge is 0.348 e. The lowest BCUT2D eigenvalue weighted by atomic mass is 10.1. The number of carbonyl (C=O) groups excluding carboxylic acids is 1. The Morgan fingerprint density at radius 2 is 1.81 bits per heavy atom. The van der Waals surface area contributed by atoms with Gasteiger partial charge in [0, 0.05) is 44.4 Å². The van der Waals surface area contributed by atoms with Crippen molar-refractivity contribution in [1.82, 2.24) is 10.2 Å². The van der Waals surface area contributed by atoms with E-state index in [0.717, 1.165) is 36.4 Å². The lowest BCUT2D eigenvalue weighted by molar-refractivity contribution is 0.0950. The fourth-order valence-corrected chi connectivity index (χ4v) is 6.31. The second-order valence-corrected chi connectivity index (χ2v) is 10.9. The number of amides is 1. The van der Waals surface area contributed by atoms with E-state index in [1.54, 1.807) is 6.07 Å². The average molecular weight is 495 g/mol. The molecule has 172 valence electrons. The van der Waals surface area contributed by atoms with Crippen LogP contribution in [0.5, 0.6) is 0 Å². The van der Waals surface area contributed by atoms with Gasteiger partial charge in [-0.2, -0.15) is 0 Å². The summed E-state index contributed by atoms with van der Waals surface area (Å²) in [5.74, 6) is -0.763. The van der Waals surface area contributed by atoms with Crippen molar-refractivity contribution < 1.29 is 9.18 Å². The van der Waals surface area contributed by atoms with Crippen molar-refractivity contribution in [2.75, 3.05) is 13.1 Å². The van der Waals surface area contributed by atoms with Gasteiger partial charge < -0.3 is 5.32 Å². The molecule has 2 aliphatic rings. The van der Waals surface area contributed by atoms with Gasteiger partial charge in [-0.05, 0) is 74.7 Å². The molecule has 7 heteroatoms. The lowest BCUT2D eigenvalue weighted by Gasteiger charge is -2.27. The molecule has 0 bridgehead atoms. The number of piperidine rings is 1. The summed E-state index contributed by atoms with van der Waals surface area (Å²) in [4.78, 5) is 16.1. The zero-order valence-corrected chi connectivity index (χ0v) is 20.5. The molecule has 1 N–H and O–H groups in total. The van der Waals surface area contributed by atoms with Gasteiger partial charge in [0.25, 0.3) is 5.91 Å². The van der Waals surface area contributed by atoms with Crippen LogP contribution < -0.4 is 5.32 Å². The topological polar surface area (TPSA) is 32.3 Å². The summed E-state index contributed by atoms with van der Waals surface area (Å²) in [6.07, 6.45) is 8.48. The number of rotatable bonds is 7. The van der Waals surface area contributed by atoms with Crippen LogP contribution in [0.4, 0.5) is 4.39 Å². The number of nitrogens with zero attached hydrogens (tertiary/aromatic N) is 1. The first-order chi connectivity index (χ1) is 15.5. The van der Waals surface area contributed by atoms with Crippen molar-refractivity contribution >= 4 is 40.9 Å². The fraction of sp³-hybridized carbons (Fsp3) is 0.480. The normalized spacial score (nSPS) is 17.6. The second kappa shape index (κ2) is 11.2. The maximum Gasteiger partial charge on any atom is 0.251 e. The molecule has 2 fully saturated rings. The Morgan fingerprint density at radius 1 is 1.06 bits per heavy atom. The van der Waals surface area contributed by atoms with Gasteiger partial charge in [0.15, 0.2) is 0 Å². The number of halogens is 3. The summed E-state index contributed by atoms with van der Waals surface area (Å²) in [6.45, 7) is 2.73. The van der Waals surface area contributed by atoms with E-state index in [1.807, 2.05) is 30.0 Å². The van der Waals surface area contributed by atoms with Crippen molar-refractivity contribution in [3.63, 3.8) is 0 Å². The third kappa shape index (κ3) is 6.19. The first-order valence-corrected chi connectivity index (χ1v) is 13.1. The van der Waals surface area contributed by atoms with Crippen LogP contribution in [0.15, 0.2) is 35.2 Å². The number of hydrogen-bond acceptors (Lipinski definition) is 3. The first-order valence-electron chi connectivity index (χ1n) is 11.4. The summed E-state index contributed by atoms with van der Waals surface area (Å²) < 4.78 is 14.8. The highest BCUT2D eigenvalue weighted by molar-refractivity contribution is 8.00. The van der Waals surface area contributed by atoms with Gasteiger partial charge in [-0.1, -0.05) is 42.5 Å². The van der Waals surface area contributed by atoms with Gasteiger partial charge in [-0.25, -0.2) is 4.39 Å².